The van der Waals surface area contributed by atoms with Crippen LogP contribution in [-0.4, -0.2) is 68.5 Å². The Morgan fingerprint density at radius 1 is 1.24 bits per heavy atom. The average molecular weight is 462 g/mol. The Bertz CT molecular complexity index is 1210. The molecule has 12 heteroatoms. The molecule has 1 aliphatic rings. The largest absolute Gasteiger partial charge is 0.480 e. The number of para-hydroxylation sites is 1. The fraction of sp³-hybridized carbons (Fsp3) is 0.333. The molecule has 1 aromatic carbocycles. The number of amides is 2. The number of rotatable bonds is 5. The molecule has 0 bridgehead atoms. The molecule has 0 radical (unpaired) electrons. The maximum absolute atomic E-state index is 13.2. The number of halogens is 3. The van der Waals surface area contributed by atoms with E-state index in [0.29, 0.717) is 11.5 Å². The van der Waals surface area contributed by atoms with Crippen LogP contribution in [0.2, 0.25) is 0 Å². The molecule has 0 aliphatic carbocycles. The van der Waals surface area contributed by atoms with Crippen LogP contribution in [0.1, 0.15) is 22.8 Å². The second-order valence-electron chi connectivity index (χ2n) is 7.73. The molecule has 1 unspecified atom stereocenters. The highest BCUT2D eigenvalue weighted by atomic mass is 19.4. The van der Waals surface area contributed by atoms with Gasteiger partial charge < -0.3 is 20.3 Å². The van der Waals surface area contributed by atoms with Crippen LogP contribution < -0.4 is 10.5 Å². The number of likely N-dealkylation sites (N-methyl/N-ethyl adjacent to an activating group) is 1. The summed E-state index contributed by atoms with van der Waals surface area (Å²) < 4.78 is 46.2. The van der Waals surface area contributed by atoms with Crippen LogP contribution in [0.3, 0.4) is 0 Å². The van der Waals surface area contributed by atoms with E-state index in [1.54, 1.807) is 13.1 Å². The number of hydrogen-bond donors (Lipinski definition) is 1. The van der Waals surface area contributed by atoms with Crippen molar-refractivity contribution in [1.82, 2.24) is 24.4 Å². The first-order valence-corrected chi connectivity index (χ1v) is 10.0. The van der Waals surface area contributed by atoms with Gasteiger partial charge in [-0.05, 0) is 25.1 Å². The van der Waals surface area contributed by atoms with E-state index in [1.165, 1.54) is 51.8 Å². The second kappa shape index (κ2) is 8.26. The lowest BCUT2D eigenvalue weighted by Gasteiger charge is -2.44. The van der Waals surface area contributed by atoms with E-state index < -0.39 is 29.5 Å². The van der Waals surface area contributed by atoms with Crippen molar-refractivity contribution in [2.24, 2.45) is 0 Å². The first-order chi connectivity index (χ1) is 15.6. The third kappa shape index (κ3) is 4.15. The Morgan fingerprint density at radius 2 is 1.94 bits per heavy atom. The molecule has 1 aliphatic heterocycles. The third-order valence-electron chi connectivity index (χ3n) is 5.55. The van der Waals surface area contributed by atoms with Crippen LogP contribution in [0.25, 0.3) is 5.65 Å². The minimum atomic E-state index is -4.60. The van der Waals surface area contributed by atoms with E-state index in [-0.39, 0.29) is 30.6 Å². The van der Waals surface area contributed by atoms with Gasteiger partial charge in [0, 0.05) is 26.3 Å². The van der Waals surface area contributed by atoms with E-state index in [2.05, 4.69) is 10.1 Å². The molecule has 2 N–H and O–H groups in total. The number of aromatic nitrogens is 3. The number of anilines is 1. The minimum Gasteiger partial charge on any atom is -0.480 e. The highest BCUT2D eigenvalue weighted by molar-refractivity contribution is 6.00. The van der Waals surface area contributed by atoms with Gasteiger partial charge in [0.1, 0.15) is 17.1 Å². The maximum Gasteiger partial charge on any atom is 0.419 e. The predicted octanol–water partition coefficient (Wildman–Crippen LogP) is 2.08. The fourth-order valence-electron chi connectivity index (χ4n) is 3.60. The van der Waals surface area contributed by atoms with Crippen molar-refractivity contribution in [1.29, 1.82) is 0 Å². The van der Waals surface area contributed by atoms with Crippen molar-refractivity contribution < 1.29 is 27.5 Å². The zero-order chi connectivity index (χ0) is 23.9. The molecule has 2 amide bonds. The summed E-state index contributed by atoms with van der Waals surface area (Å²) in [5.41, 5.74) is 5.48. The predicted molar refractivity (Wildman–Crippen MR) is 111 cm³/mol. The van der Waals surface area contributed by atoms with Crippen LogP contribution in [0, 0.1) is 0 Å². The van der Waals surface area contributed by atoms with Crippen LogP contribution in [0.15, 0.2) is 42.7 Å². The van der Waals surface area contributed by atoms with Gasteiger partial charge in [0.2, 0.25) is 0 Å². The summed E-state index contributed by atoms with van der Waals surface area (Å²) in [6.07, 6.45) is -2.86. The number of nitrogen functional groups attached to an aromatic ring is 1. The fourth-order valence-corrected chi connectivity index (χ4v) is 3.60. The van der Waals surface area contributed by atoms with Gasteiger partial charge in [0.15, 0.2) is 11.8 Å². The van der Waals surface area contributed by atoms with Crippen molar-refractivity contribution in [2.75, 3.05) is 25.9 Å². The molecule has 1 fully saturated rings. The lowest BCUT2D eigenvalue weighted by Crippen LogP contribution is -2.63. The van der Waals surface area contributed by atoms with Crippen molar-refractivity contribution in [3.8, 4) is 5.75 Å². The number of nitrogens with two attached hydrogens (primary N) is 1. The highest BCUT2D eigenvalue weighted by Crippen LogP contribution is 2.36. The molecule has 1 saturated heterocycles. The van der Waals surface area contributed by atoms with Crippen molar-refractivity contribution in [3.05, 3.63) is 53.9 Å². The number of benzene rings is 1. The van der Waals surface area contributed by atoms with Gasteiger partial charge >= 0.3 is 6.18 Å². The summed E-state index contributed by atoms with van der Waals surface area (Å²) in [7, 11) is 1.60. The Balaban J connectivity index is 1.38. The molecule has 2 aromatic heterocycles. The summed E-state index contributed by atoms with van der Waals surface area (Å²) in [6.45, 7) is 1.85. The lowest BCUT2D eigenvalue weighted by atomic mass is 10.1. The van der Waals surface area contributed by atoms with Crippen LogP contribution in [0.4, 0.5) is 19.0 Å². The quantitative estimate of drug-likeness (QED) is 0.623. The minimum absolute atomic E-state index is 0.227. The molecule has 174 valence electrons. The van der Waals surface area contributed by atoms with Gasteiger partial charge in [-0.3, -0.25) is 9.59 Å². The zero-order valence-corrected chi connectivity index (χ0v) is 17.8. The maximum atomic E-state index is 13.2. The van der Waals surface area contributed by atoms with E-state index in [0.717, 1.165) is 6.07 Å². The lowest BCUT2D eigenvalue weighted by molar-refractivity contribution is -0.147. The van der Waals surface area contributed by atoms with E-state index >= 15 is 0 Å². The number of likely N-dealkylation sites (tertiary alicyclic amines) is 1. The monoisotopic (exact) mass is 462 g/mol. The molecule has 4 rings (SSSR count). The summed E-state index contributed by atoms with van der Waals surface area (Å²) in [6, 6.07) is 6.02. The standard InChI is InChI=1S/C21H21F3N6O3/c1-12(33-16-6-4-3-5-15(16)21(22,23)24)19(31)29-10-13(11-29)28(2)20(32)14-9-27-30-17(25)7-8-26-18(14)30/h3-9,12-13H,10-11,25H2,1-2H3. The molecular formula is C21H21F3N6O3. The first-order valence-electron chi connectivity index (χ1n) is 10.0. The summed E-state index contributed by atoms with van der Waals surface area (Å²) in [5, 5.41) is 4.08. The molecule has 1 atom stereocenters. The summed E-state index contributed by atoms with van der Waals surface area (Å²) in [5.74, 6) is -0.864. The number of ether oxygens (including phenoxy) is 1. The first kappa shape index (κ1) is 22.4. The normalized spacial score (nSPS) is 15.2. The van der Waals surface area contributed by atoms with Crippen LogP contribution in [0.5, 0.6) is 5.75 Å². The van der Waals surface area contributed by atoms with Gasteiger partial charge in [-0.25, -0.2) is 4.98 Å². The highest BCUT2D eigenvalue weighted by Gasteiger charge is 2.39. The number of alkyl halides is 3. The summed E-state index contributed by atoms with van der Waals surface area (Å²) in [4.78, 5) is 32.6. The van der Waals surface area contributed by atoms with Gasteiger partial charge in [-0.2, -0.15) is 22.8 Å². The Kier molecular flexibility index (Phi) is 5.60. The summed E-state index contributed by atoms with van der Waals surface area (Å²) >= 11 is 0. The zero-order valence-electron chi connectivity index (χ0n) is 17.8. The average Bonchev–Trinajstić information content (AvgIpc) is 3.17. The molecule has 3 aromatic rings. The Labute approximate surface area is 186 Å². The van der Waals surface area contributed by atoms with E-state index in [4.69, 9.17) is 10.5 Å². The number of nitrogens with zero attached hydrogens (tertiary/aromatic N) is 5. The van der Waals surface area contributed by atoms with Crippen LogP contribution >= 0.6 is 0 Å². The van der Waals surface area contributed by atoms with E-state index in [1.807, 2.05) is 0 Å². The van der Waals surface area contributed by atoms with Crippen molar-refractivity contribution in [3.63, 3.8) is 0 Å². The number of fused-ring (bicyclic) bond motifs is 1. The molecule has 33 heavy (non-hydrogen) atoms. The molecule has 3 heterocycles. The topological polar surface area (TPSA) is 106 Å². The molecule has 9 nitrogen and oxygen atoms in total. The van der Waals surface area contributed by atoms with Gasteiger partial charge in [-0.1, -0.05) is 12.1 Å². The van der Waals surface area contributed by atoms with Gasteiger partial charge in [0.25, 0.3) is 11.8 Å². The number of carbonyl (C=O) groups excluding carboxylic acids is 2. The molecule has 0 saturated carbocycles. The molecule has 0 spiro atoms. The van der Waals surface area contributed by atoms with Crippen molar-refractivity contribution >= 4 is 23.3 Å². The smallest absolute Gasteiger partial charge is 0.419 e. The Hall–Kier alpha value is -3.83. The SMILES string of the molecule is CC(Oc1ccccc1C(F)(F)F)C(=O)N1CC(N(C)C(=O)c2cnn3c(N)ccnc23)C1. The van der Waals surface area contributed by atoms with E-state index in [9.17, 15) is 22.8 Å². The molecular weight excluding hydrogens is 441 g/mol. The van der Waals surface area contributed by atoms with Gasteiger partial charge in [-0.15, -0.1) is 0 Å². The van der Waals surface area contributed by atoms with Gasteiger partial charge in [0.05, 0.1) is 17.8 Å². The third-order valence-corrected chi connectivity index (χ3v) is 5.55. The number of hydrogen-bond acceptors (Lipinski definition) is 6. The Morgan fingerprint density at radius 3 is 2.64 bits per heavy atom. The number of carbonyl (C=O) groups is 2. The second-order valence-corrected chi connectivity index (χ2v) is 7.73. The van der Waals surface area contributed by atoms with Crippen molar-refractivity contribution in [2.45, 2.75) is 25.2 Å². The van der Waals surface area contributed by atoms with Crippen LogP contribution in [-0.2, 0) is 11.0 Å².